The fraction of sp³-hybridized carbons (Fsp3) is 0.533. The maximum absolute atomic E-state index is 11.9. The molecule has 0 bridgehead atoms. The molecule has 0 radical (unpaired) electrons. The lowest BCUT2D eigenvalue weighted by molar-refractivity contribution is -0.133. The number of carbonyl (C=O) groups is 1. The van der Waals surface area contributed by atoms with Crippen molar-refractivity contribution in [2.45, 2.75) is 38.8 Å². The molecule has 1 aromatic rings. The largest absolute Gasteiger partial charge is 0.496 e. The normalized spacial score (nSPS) is 17.4. The Morgan fingerprint density at radius 1 is 1.42 bits per heavy atom. The lowest BCUT2D eigenvalue weighted by Gasteiger charge is -2.27. The van der Waals surface area contributed by atoms with Crippen LogP contribution in [0.4, 0.5) is 0 Å². The van der Waals surface area contributed by atoms with E-state index in [2.05, 4.69) is 0 Å². The van der Waals surface area contributed by atoms with Crippen LogP contribution in [-0.2, 0) is 11.3 Å². The number of nitrogens with zero attached hydrogens (tertiary/aromatic N) is 1. The third-order valence-corrected chi connectivity index (χ3v) is 3.61. The van der Waals surface area contributed by atoms with Crippen molar-refractivity contribution in [1.29, 1.82) is 0 Å². The summed E-state index contributed by atoms with van der Waals surface area (Å²) in [7, 11) is 1.66. The zero-order chi connectivity index (χ0) is 13.8. The fourth-order valence-corrected chi connectivity index (χ4v) is 2.44. The van der Waals surface area contributed by atoms with Gasteiger partial charge in [0.1, 0.15) is 5.75 Å². The standard InChI is InChI=1S/C15H22N2O2/c1-11(16)12-6-7-14(19-2)13(9-12)10-17-8-4-3-5-15(17)18/h6-7,9,11H,3-5,8,10,16H2,1-2H3. The second-order valence-electron chi connectivity index (χ2n) is 5.13. The number of hydrogen-bond donors (Lipinski definition) is 1. The molecule has 0 saturated carbocycles. The van der Waals surface area contributed by atoms with Crippen LogP contribution in [0, 0.1) is 0 Å². The molecule has 0 aliphatic carbocycles. The SMILES string of the molecule is COc1ccc(C(C)N)cc1CN1CCCCC1=O. The minimum absolute atomic E-state index is 0.0123. The molecule has 4 nitrogen and oxygen atoms in total. The Kier molecular flexibility index (Phi) is 4.43. The Bertz CT molecular complexity index is 457. The number of piperidine rings is 1. The molecule has 4 heteroatoms. The van der Waals surface area contributed by atoms with Crippen molar-refractivity contribution in [3.8, 4) is 5.75 Å². The molecule has 2 rings (SSSR count). The number of amides is 1. The van der Waals surface area contributed by atoms with E-state index in [1.807, 2.05) is 30.0 Å². The minimum atomic E-state index is -0.0123. The minimum Gasteiger partial charge on any atom is -0.496 e. The number of likely N-dealkylation sites (tertiary alicyclic amines) is 1. The molecule has 1 aliphatic heterocycles. The number of rotatable bonds is 4. The smallest absolute Gasteiger partial charge is 0.222 e. The van der Waals surface area contributed by atoms with Gasteiger partial charge in [0.05, 0.1) is 7.11 Å². The quantitative estimate of drug-likeness (QED) is 0.905. The van der Waals surface area contributed by atoms with Crippen molar-refractivity contribution in [3.63, 3.8) is 0 Å². The predicted octanol–water partition coefficient (Wildman–Crippen LogP) is 2.23. The number of methoxy groups -OCH3 is 1. The van der Waals surface area contributed by atoms with E-state index in [-0.39, 0.29) is 11.9 Å². The molecule has 1 heterocycles. The zero-order valence-corrected chi connectivity index (χ0v) is 11.7. The van der Waals surface area contributed by atoms with E-state index < -0.39 is 0 Å². The van der Waals surface area contributed by atoms with Crippen molar-refractivity contribution in [1.82, 2.24) is 4.90 Å². The van der Waals surface area contributed by atoms with Gasteiger partial charge in [0.25, 0.3) is 0 Å². The van der Waals surface area contributed by atoms with E-state index in [4.69, 9.17) is 10.5 Å². The van der Waals surface area contributed by atoms with Crippen molar-refractivity contribution in [2.24, 2.45) is 5.73 Å². The van der Waals surface area contributed by atoms with Crippen LogP contribution in [0.5, 0.6) is 5.75 Å². The molecule has 104 valence electrons. The molecular formula is C15H22N2O2. The summed E-state index contributed by atoms with van der Waals surface area (Å²) >= 11 is 0. The molecule has 1 saturated heterocycles. The molecule has 19 heavy (non-hydrogen) atoms. The van der Waals surface area contributed by atoms with E-state index in [0.29, 0.717) is 13.0 Å². The number of ether oxygens (including phenoxy) is 1. The van der Waals surface area contributed by atoms with Crippen molar-refractivity contribution in [3.05, 3.63) is 29.3 Å². The van der Waals surface area contributed by atoms with Crippen LogP contribution in [0.1, 0.15) is 43.4 Å². The van der Waals surface area contributed by atoms with Crippen LogP contribution in [-0.4, -0.2) is 24.5 Å². The van der Waals surface area contributed by atoms with Gasteiger partial charge in [0.15, 0.2) is 0 Å². The first-order chi connectivity index (χ1) is 9.11. The second-order valence-corrected chi connectivity index (χ2v) is 5.13. The highest BCUT2D eigenvalue weighted by atomic mass is 16.5. The van der Waals surface area contributed by atoms with Gasteiger partial charge < -0.3 is 15.4 Å². The first-order valence-electron chi connectivity index (χ1n) is 6.82. The molecular weight excluding hydrogens is 240 g/mol. The maximum atomic E-state index is 11.9. The third kappa shape index (κ3) is 3.26. The molecule has 1 fully saturated rings. The lowest BCUT2D eigenvalue weighted by Crippen LogP contribution is -2.34. The summed E-state index contributed by atoms with van der Waals surface area (Å²) in [6.07, 6.45) is 2.75. The van der Waals surface area contributed by atoms with Gasteiger partial charge in [-0.25, -0.2) is 0 Å². The Hall–Kier alpha value is -1.55. The average molecular weight is 262 g/mol. The summed E-state index contributed by atoms with van der Waals surface area (Å²) in [6, 6.07) is 5.94. The highest BCUT2D eigenvalue weighted by Crippen LogP contribution is 2.25. The van der Waals surface area contributed by atoms with Gasteiger partial charge in [-0.05, 0) is 37.5 Å². The monoisotopic (exact) mass is 262 g/mol. The summed E-state index contributed by atoms with van der Waals surface area (Å²) in [5.41, 5.74) is 8.02. The van der Waals surface area contributed by atoms with Gasteiger partial charge in [-0.15, -0.1) is 0 Å². The Morgan fingerprint density at radius 2 is 2.21 bits per heavy atom. The summed E-state index contributed by atoms with van der Waals surface area (Å²) in [5.74, 6) is 1.06. The Balaban J connectivity index is 2.21. The highest BCUT2D eigenvalue weighted by molar-refractivity contribution is 5.76. The molecule has 1 atom stereocenters. The highest BCUT2D eigenvalue weighted by Gasteiger charge is 2.19. The van der Waals surface area contributed by atoms with Crippen LogP contribution >= 0.6 is 0 Å². The Morgan fingerprint density at radius 3 is 2.84 bits per heavy atom. The first-order valence-corrected chi connectivity index (χ1v) is 6.82. The third-order valence-electron chi connectivity index (χ3n) is 3.61. The van der Waals surface area contributed by atoms with Crippen LogP contribution in [0.3, 0.4) is 0 Å². The predicted molar refractivity (Wildman–Crippen MR) is 74.9 cm³/mol. The van der Waals surface area contributed by atoms with E-state index in [1.165, 1.54) is 0 Å². The molecule has 1 aromatic carbocycles. The maximum Gasteiger partial charge on any atom is 0.222 e. The second kappa shape index (κ2) is 6.06. The fourth-order valence-electron chi connectivity index (χ4n) is 2.44. The molecule has 1 aliphatic rings. The molecule has 1 amide bonds. The van der Waals surface area contributed by atoms with Crippen LogP contribution in [0.2, 0.25) is 0 Å². The van der Waals surface area contributed by atoms with Crippen molar-refractivity contribution in [2.75, 3.05) is 13.7 Å². The summed E-state index contributed by atoms with van der Waals surface area (Å²) < 4.78 is 5.38. The summed E-state index contributed by atoms with van der Waals surface area (Å²) in [5, 5.41) is 0. The van der Waals surface area contributed by atoms with E-state index in [0.717, 1.165) is 36.3 Å². The van der Waals surface area contributed by atoms with Crippen molar-refractivity contribution >= 4 is 5.91 Å². The van der Waals surface area contributed by atoms with Gasteiger partial charge in [-0.3, -0.25) is 4.79 Å². The van der Waals surface area contributed by atoms with Gasteiger partial charge in [-0.2, -0.15) is 0 Å². The summed E-state index contributed by atoms with van der Waals surface area (Å²) in [6.45, 7) is 3.41. The molecule has 0 spiro atoms. The number of carbonyl (C=O) groups excluding carboxylic acids is 1. The average Bonchev–Trinajstić information content (AvgIpc) is 2.41. The lowest BCUT2D eigenvalue weighted by atomic mass is 10.0. The number of nitrogens with two attached hydrogens (primary N) is 1. The van der Waals surface area contributed by atoms with Crippen molar-refractivity contribution < 1.29 is 9.53 Å². The molecule has 1 unspecified atom stereocenters. The van der Waals surface area contributed by atoms with Crippen LogP contribution in [0.15, 0.2) is 18.2 Å². The molecule has 2 N–H and O–H groups in total. The van der Waals surface area contributed by atoms with E-state index in [1.54, 1.807) is 7.11 Å². The van der Waals surface area contributed by atoms with Crippen LogP contribution in [0.25, 0.3) is 0 Å². The number of hydrogen-bond acceptors (Lipinski definition) is 3. The Labute approximate surface area is 114 Å². The van der Waals surface area contributed by atoms with Crippen LogP contribution < -0.4 is 10.5 Å². The topological polar surface area (TPSA) is 55.6 Å². The van der Waals surface area contributed by atoms with Gasteiger partial charge in [0, 0.05) is 31.1 Å². The summed E-state index contributed by atoms with van der Waals surface area (Å²) in [4.78, 5) is 13.8. The van der Waals surface area contributed by atoms with E-state index >= 15 is 0 Å². The zero-order valence-electron chi connectivity index (χ0n) is 11.7. The van der Waals surface area contributed by atoms with Gasteiger partial charge in [-0.1, -0.05) is 6.07 Å². The molecule has 0 aromatic heterocycles. The van der Waals surface area contributed by atoms with E-state index in [9.17, 15) is 4.79 Å². The number of benzene rings is 1. The first kappa shape index (κ1) is 13.9. The van der Waals surface area contributed by atoms with Gasteiger partial charge in [0.2, 0.25) is 5.91 Å². The van der Waals surface area contributed by atoms with Gasteiger partial charge >= 0.3 is 0 Å².